The van der Waals surface area contributed by atoms with Gasteiger partial charge in [0.25, 0.3) is 0 Å². The minimum atomic E-state index is -0.813. The van der Waals surface area contributed by atoms with E-state index in [9.17, 15) is 8.78 Å². The van der Waals surface area contributed by atoms with Gasteiger partial charge in [-0.05, 0) is 0 Å². The summed E-state index contributed by atoms with van der Waals surface area (Å²) in [7, 11) is 0. The fourth-order valence-corrected chi connectivity index (χ4v) is 4.81. The molecule has 1 unspecified atom stereocenters. The molecule has 1 aromatic carbocycles. The summed E-state index contributed by atoms with van der Waals surface area (Å²) in [5.74, 6) is -1.58. The van der Waals surface area contributed by atoms with E-state index in [1.165, 1.54) is 0 Å². The molecular formula is C13H8ClF2NSe. The summed E-state index contributed by atoms with van der Waals surface area (Å²) < 4.78 is 28.1. The van der Waals surface area contributed by atoms with Crippen LogP contribution in [0.15, 0.2) is 30.5 Å². The number of benzene rings is 1. The summed E-state index contributed by atoms with van der Waals surface area (Å²) in [5, 5.41) is 0.00377. The summed E-state index contributed by atoms with van der Waals surface area (Å²) in [6, 6.07) is 6.49. The van der Waals surface area contributed by atoms with E-state index in [0.717, 1.165) is 16.2 Å². The second-order valence-corrected chi connectivity index (χ2v) is 6.54. The summed E-state index contributed by atoms with van der Waals surface area (Å²) in [6.07, 6.45) is 1.68. The Morgan fingerprint density at radius 3 is 2.94 bits per heavy atom. The summed E-state index contributed by atoms with van der Waals surface area (Å²) in [4.78, 5) is 4.28. The van der Waals surface area contributed by atoms with Crippen molar-refractivity contribution in [2.24, 2.45) is 0 Å². The molecule has 1 atom stereocenters. The topological polar surface area (TPSA) is 12.9 Å². The molecule has 1 aliphatic heterocycles. The van der Waals surface area contributed by atoms with Crippen LogP contribution in [0, 0.1) is 11.6 Å². The van der Waals surface area contributed by atoms with Crippen LogP contribution >= 0.6 is 11.6 Å². The Hall–Kier alpha value is -0.961. The Balaban J connectivity index is 2.21. The fourth-order valence-electron chi connectivity index (χ4n) is 2.00. The van der Waals surface area contributed by atoms with E-state index in [2.05, 4.69) is 4.98 Å². The van der Waals surface area contributed by atoms with E-state index in [4.69, 9.17) is 11.6 Å². The predicted octanol–water partition coefficient (Wildman–Crippen LogP) is 2.53. The minimum absolute atomic E-state index is 0.0244. The van der Waals surface area contributed by atoms with Gasteiger partial charge in [-0.25, -0.2) is 0 Å². The standard InChI is InChI=1S/C13H8ClF2NSe/c14-11-7-3-4-9(15)12(16)8(7)6-18-10-2-1-5-17-13(10)11/h1-5,11H,6H2. The van der Waals surface area contributed by atoms with Gasteiger partial charge in [-0.15, -0.1) is 0 Å². The van der Waals surface area contributed by atoms with E-state index in [1.54, 1.807) is 12.3 Å². The third-order valence-corrected chi connectivity index (χ3v) is 5.64. The molecule has 0 N–H and O–H groups in total. The third-order valence-electron chi connectivity index (χ3n) is 2.92. The third kappa shape index (κ3) is 1.85. The first-order valence-electron chi connectivity index (χ1n) is 5.37. The number of nitrogens with zero attached hydrogens (tertiary/aromatic N) is 1. The summed E-state index contributed by atoms with van der Waals surface area (Å²) >= 11 is 6.39. The van der Waals surface area contributed by atoms with Crippen LogP contribution in [-0.4, -0.2) is 19.9 Å². The first-order valence-corrected chi connectivity index (χ1v) is 7.87. The average molecular weight is 331 g/mol. The van der Waals surface area contributed by atoms with Gasteiger partial charge in [0.15, 0.2) is 0 Å². The van der Waals surface area contributed by atoms with Gasteiger partial charge in [0.2, 0.25) is 0 Å². The molecule has 1 aliphatic rings. The van der Waals surface area contributed by atoms with Crippen molar-refractivity contribution in [1.82, 2.24) is 4.98 Å². The Bertz CT molecular complexity index is 618. The molecule has 0 radical (unpaired) electrons. The maximum atomic E-state index is 13.8. The Morgan fingerprint density at radius 1 is 1.28 bits per heavy atom. The molecule has 0 amide bonds. The number of pyridine rings is 1. The molecule has 3 rings (SSSR count). The molecular weight excluding hydrogens is 323 g/mol. The van der Waals surface area contributed by atoms with Crippen molar-refractivity contribution in [3.05, 3.63) is 58.9 Å². The molecule has 5 heteroatoms. The normalized spacial score (nSPS) is 17.8. The molecule has 0 fully saturated rings. The van der Waals surface area contributed by atoms with Crippen molar-refractivity contribution in [2.75, 3.05) is 0 Å². The summed E-state index contributed by atoms with van der Waals surface area (Å²) in [6.45, 7) is 0. The summed E-state index contributed by atoms with van der Waals surface area (Å²) in [5.41, 5.74) is 1.80. The molecule has 0 aliphatic carbocycles. The van der Waals surface area contributed by atoms with E-state index >= 15 is 0 Å². The van der Waals surface area contributed by atoms with Gasteiger partial charge in [0.1, 0.15) is 0 Å². The molecule has 0 bridgehead atoms. The van der Waals surface area contributed by atoms with Gasteiger partial charge in [0.05, 0.1) is 0 Å². The number of alkyl halides is 1. The van der Waals surface area contributed by atoms with Crippen LogP contribution in [0.4, 0.5) is 8.78 Å². The van der Waals surface area contributed by atoms with Crippen LogP contribution < -0.4 is 4.46 Å². The molecule has 92 valence electrons. The van der Waals surface area contributed by atoms with Gasteiger partial charge >= 0.3 is 114 Å². The quantitative estimate of drug-likeness (QED) is 0.534. The van der Waals surface area contributed by atoms with Crippen molar-refractivity contribution in [3.8, 4) is 0 Å². The first-order chi connectivity index (χ1) is 8.68. The van der Waals surface area contributed by atoms with E-state index < -0.39 is 17.0 Å². The molecule has 0 saturated heterocycles. The number of hydrogen-bond acceptors (Lipinski definition) is 1. The molecule has 18 heavy (non-hydrogen) atoms. The number of aromatic nitrogens is 1. The van der Waals surface area contributed by atoms with Crippen LogP contribution in [-0.2, 0) is 5.32 Å². The van der Waals surface area contributed by atoms with Crippen molar-refractivity contribution in [3.63, 3.8) is 0 Å². The SMILES string of the molecule is Fc1ccc2c(c1F)C[Se]c1cccnc1C2Cl. The second-order valence-electron chi connectivity index (χ2n) is 3.97. The van der Waals surface area contributed by atoms with Crippen molar-refractivity contribution >= 4 is 31.0 Å². The van der Waals surface area contributed by atoms with Crippen LogP contribution in [0.1, 0.15) is 22.2 Å². The number of rotatable bonds is 0. The van der Waals surface area contributed by atoms with Gasteiger partial charge in [-0.3, -0.25) is 0 Å². The predicted molar refractivity (Wildman–Crippen MR) is 67.4 cm³/mol. The van der Waals surface area contributed by atoms with Crippen LogP contribution in [0.2, 0.25) is 0 Å². The molecule has 0 spiro atoms. The number of hydrogen-bond donors (Lipinski definition) is 0. The zero-order valence-electron chi connectivity index (χ0n) is 9.16. The zero-order chi connectivity index (χ0) is 12.7. The van der Waals surface area contributed by atoms with E-state index in [0.29, 0.717) is 16.4 Å². The first kappa shape index (κ1) is 12.1. The van der Waals surface area contributed by atoms with Crippen molar-refractivity contribution < 1.29 is 8.78 Å². The van der Waals surface area contributed by atoms with E-state index in [1.807, 2.05) is 12.1 Å². The van der Waals surface area contributed by atoms with Crippen LogP contribution in [0.3, 0.4) is 0 Å². The van der Waals surface area contributed by atoms with Gasteiger partial charge in [0, 0.05) is 0 Å². The van der Waals surface area contributed by atoms with Crippen molar-refractivity contribution in [2.45, 2.75) is 10.7 Å². The molecule has 1 aromatic heterocycles. The molecule has 1 nitrogen and oxygen atoms in total. The van der Waals surface area contributed by atoms with Gasteiger partial charge in [-0.1, -0.05) is 0 Å². The average Bonchev–Trinajstić information content (AvgIpc) is 2.53. The number of halogens is 3. The number of fused-ring (bicyclic) bond motifs is 2. The molecule has 2 heterocycles. The van der Waals surface area contributed by atoms with Crippen LogP contribution in [0.25, 0.3) is 0 Å². The monoisotopic (exact) mass is 331 g/mol. The Labute approximate surface area is 114 Å². The maximum absolute atomic E-state index is 13.8. The Morgan fingerprint density at radius 2 is 2.11 bits per heavy atom. The van der Waals surface area contributed by atoms with Gasteiger partial charge in [-0.2, -0.15) is 0 Å². The van der Waals surface area contributed by atoms with E-state index in [-0.39, 0.29) is 15.0 Å². The van der Waals surface area contributed by atoms with Gasteiger partial charge < -0.3 is 0 Å². The van der Waals surface area contributed by atoms with Crippen molar-refractivity contribution in [1.29, 1.82) is 0 Å². The fraction of sp³-hybridized carbons (Fsp3) is 0.154. The Kier molecular flexibility index (Phi) is 3.10. The second kappa shape index (κ2) is 4.61. The zero-order valence-corrected chi connectivity index (χ0v) is 11.6. The molecule has 0 saturated carbocycles. The molecule has 2 aromatic rings. The van der Waals surface area contributed by atoms with Crippen LogP contribution in [0.5, 0.6) is 0 Å².